The Hall–Kier alpha value is -2.78. The molecule has 0 aromatic heterocycles. The molecule has 2 atom stereocenters. The molecule has 31 heavy (non-hydrogen) atoms. The summed E-state index contributed by atoms with van der Waals surface area (Å²) in [4.78, 5) is 0. The van der Waals surface area contributed by atoms with E-state index in [0.717, 1.165) is 24.5 Å². The van der Waals surface area contributed by atoms with Crippen molar-refractivity contribution >= 4 is 0 Å². The Labute approximate surface area is 187 Å². The number of aryl methyl sites for hydroxylation is 1. The lowest BCUT2D eigenvalue weighted by atomic mass is 9.88. The lowest BCUT2D eigenvalue weighted by Crippen LogP contribution is -2.84. The van der Waals surface area contributed by atoms with Crippen LogP contribution >= 0.6 is 0 Å². The third-order valence-electron chi connectivity index (χ3n) is 5.75. The maximum Gasteiger partial charge on any atom is 0.119 e. The second-order valence-corrected chi connectivity index (χ2v) is 8.57. The van der Waals surface area contributed by atoms with Crippen LogP contribution in [0.1, 0.15) is 61.4 Å². The van der Waals surface area contributed by atoms with Gasteiger partial charge in [-0.1, -0.05) is 42.0 Å². The van der Waals surface area contributed by atoms with Gasteiger partial charge in [-0.2, -0.15) is 0 Å². The number of quaternary nitrogens is 1. The van der Waals surface area contributed by atoms with Crippen LogP contribution in [-0.2, 0) is 0 Å². The highest BCUT2D eigenvalue weighted by molar-refractivity contribution is 5.37. The molecular formula is C28H36NO2+. The highest BCUT2D eigenvalue weighted by Gasteiger charge is 2.17. The predicted octanol–water partition coefficient (Wildman–Crippen LogP) is 5.64. The minimum Gasteiger partial charge on any atom is -0.497 e. The Morgan fingerprint density at radius 2 is 1.23 bits per heavy atom. The molecule has 0 saturated carbocycles. The summed E-state index contributed by atoms with van der Waals surface area (Å²) in [5.41, 5.74) is 5.32. The van der Waals surface area contributed by atoms with Crippen LogP contribution in [0.25, 0.3) is 0 Å². The maximum atomic E-state index is 5.83. The van der Waals surface area contributed by atoms with E-state index in [9.17, 15) is 0 Å². The van der Waals surface area contributed by atoms with E-state index in [1.165, 1.54) is 22.3 Å². The van der Waals surface area contributed by atoms with Crippen molar-refractivity contribution < 1.29 is 14.8 Å². The first kappa shape index (κ1) is 22.9. The first-order valence-electron chi connectivity index (χ1n) is 11.3. The summed E-state index contributed by atoms with van der Waals surface area (Å²) in [7, 11) is 1.71. The third kappa shape index (κ3) is 6.60. The number of ether oxygens (including phenoxy) is 2. The van der Waals surface area contributed by atoms with E-state index >= 15 is 0 Å². The molecule has 0 fully saturated rings. The Morgan fingerprint density at radius 3 is 1.77 bits per heavy atom. The lowest BCUT2D eigenvalue weighted by molar-refractivity contribution is -0.693. The summed E-state index contributed by atoms with van der Waals surface area (Å²) in [5, 5.41) is 2.43. The zero-order valence-corrected chi connectivity index (χ0v) is 19.5. The summed E-state index contributed by atoms with van der Waals surface area (Å²) < 4.78 is 11.1. The molecule has 0 bridgehead atoms. The first-order valence-corrected chi connectivity index (χ1v) is 11.3. The summed E-state index contributed by atoms with van der Waals surface area (Å²) in [6, 6.07) is 26.4. The van der Waals surface area contributed by atoms with Crippen molar-refractivity contribution in [2.24, 2.45) is 0 Å². The second-order valence-electron chi connectivity index (χ2n) is 8.57. The van der Waals surface area contributed by atoms with Crippen molar-refractivity contribution in [3.8, 4) is 11.5 Å². The van der Waals surface area contributed by atoms with Crippen LogP contribution in [0.4, 0.5) is 0 Å². The number of methoxy groups -OCH3 is 1. The zero-order valence-electron chi connectivity index (χ0n) is 19.5. The van der Waals surface area contributed by atoms with Gasteiger partial charge in [0.2, 0.25) is 0 Å². The molecule has 3 rings (SSSR count). The van der Waals surface area contributed by atoms with Crippen molar-refractivity contribution in [3.63, 3.8) is 0 Å². The smallest absolute Gasteiger partial charge is 0.119 e. The number of nitrogens with two attached hydrogens (primary N) is 1. The standard InChI is InChI=1S/C28H35NO2/c1-20(2)31-27-16-12-25(13-17-27)28(24-8-6-21(3)7-9-24)18-19-29-22(4)23-10-14-26(30-5)15-11-23/h6-17,20,22,28-29H,18-19H2,1-5H3/p+1/t22-,28-/m1/s1. The minimum atomic E-state index is 0.188. The summed E-state index contributed by atoms with van der Waals surface area (Å²) in [6.07, 6.45) is 1.27. The van der Waals surface area contributed by atoms with Gasteiger partial charge in [-0.25, -0.2) is 0 Å². The highest BCUT2D eigenvalue weighted by atomic mass is 16.5. The van der Waals surface area contributed by atoms with Gasteiger partial charge in [-0.05, 0) is 75.2 Å². The molecule has 3 heteroatoms. The van der Waals surface area contributed by atoms with Crippen molar-refractivity contribution in [2.45, 2.75) is 52.2 Å². The molecule has 2 N–H and O–H groups in total. The molecule has 3 aromatic carbocycles. The summed E-state index contributed by atoms with van der Waals surface area (Å²) in [6.45, 7) is 9.57. The van der Waals surface area contributed by atoms with Gasteiger partial charge in [0.25, 0.3) is 0 Å². The van der Waals surface area contributed by atoms with Gasteiger partial charge in [0.05, 0.1) is 19.8 Å². The second kappa shape index (κ2) is 11.0. The Bertz CT molecular complexity index is 915. The van der Waals surface area contributed by atoms with E-state index in [2.05, 4.69) is 93.7 Å². The minimum absolute atomic E-state index is 0.188. The van der Waals surface area contributed by atoms with E-state index in [1.807, 2.05) is 12.1 Å². The molecule has 0 aliphatic heterocycles. The maximum absolute atomic E-state index is 5.83. The zero-order chi connectivity index (χ0) is 22.2. The van der Waals surface area contributed by atoms with Gasteiger partial charge in [-0.3, -0.25) is 0 Å². The van der Waals surface area contributed by atoms with Crippen LogP contribution in [0.5, 0.6) is 11.5 Å². The van der Waals surface area contributed by atoms with Crippen molar-refractivity contribution in [1.29, 1.82) is 0 Å². The topological polar surface area (TPSA) is 35.1 Å². The van der Waals surface area contributed by atoms with E-state index in [4.69, 9.17) is 9.47 Å². The summed E-state index contributed by atoms with van der Waals surface area (Å²) >= 11 is 0. The molecule has 0 aliphatic rings. The van der Waals surface area contributed by atoms with Gasteiger partial charge in [0.15, 0.2) is 0 Å². The van der Waals surface area contributed by atoms with Crippen LogP contribution in [0.2, 0.25) is 0 Å². The van der Waals surface area contributed by atoms with Crippen LogP contribution < -0.4 is 14.8 Å². The van der Waals surface area contributed by atoms with Crippen molar-refractivity contribution in [3.05, 3.63) is 95.1 Å². The number of hydrogen-bond donors (Lipinski definition) is 1. The number of rotatable bonds is 10. The fraction of sp³-hybridized carbons (Fsp3) is 0.357. The van der Waals surface area contributed by atoms with E-state index < -0.39 is 0 Å². The average Bonchev–Trinajstić information content (AvgIpc) is 2.78. The molecule has 0 spiro atoms. The molecule has 0 heterocycles. The molecule has 0 unspecified atom stereocenters. The molecule has 3 aromatic rings. The number of hydrogen-bond acceptors (Lipinski definition) is 2. The van der Waals surface area contributed by atoms with Crippen molar-refractivity contribution in [2.75, 3.05) is 13.7 Å². The molecule has 0 saturated heterocycles. The Balaban J connectivity index is 1.70. The largest absolute Gasteiger partial charge is 0.497 e. The molecule has 0 amide bonds. The van der Waals surface area contributed by atoms with Crippen LogP contribution in [-0.4, -0.2) is 19.8 Å². The Morgan fingerprint density at radius 1 is 0.710 bits per heavy atom. The quantitative estimate of drug-likeness (QED) is 0.463. The SMILES string of the molecule is COc1ccc([C@@H](C)[NH2+]CC[C@H](c2ccc(C)cc2)c2ccc(OC(C)C)cc2)cc1. The number of benzene rings is 3. The van der Waals surface area contributed by atoms with Crippen LogP contribution in [0.3, 0.4) is 0 Å². The van der Waals surface area contributed by atoms with E-state index in [-0.39, 0.29) is 6.10 Å². The highest BCUT2D eigenvalue weighted by Crippen LogP contribution is 2.29. The Kier molecular flexibility index (Phi) is 8.13. The van der Waals surface area contributed by atoms with Gasteiger partial charge >= 0.3 is 0 Å². The van der Waals surface area contributed by atoms with Gasteiger partial charge in [-0.15, -0.1) is 0 Å². The monoisotopic (exact) mass is 418 g/mol. The van der Waals surface area contributed by atoms with E-state index in [0.29, 0.717) is 12.0 Å². The van der Waals surface area contributed by atoms with Crippen LogP contribution in [0.15, 0.2) is 72.8 Å². The molecule has 0 aliphatic carbocycles. The normalized spacial score (nSPS) is 13.1. The van der Waals surface area contributed by atoms with Crippen molar-refractivity contribution in [1.82, 2.24) is 0 Å². The lowest BCUT2D eigenvalue weighted by Gasteiger charge is -2.20. The molecular weight excluding hydrogens is 382 g/mol. The third-order valence-corrected chi connectivity index (χ3v) is 5.75. The summed E-state index contributed by atoms with van der Waals surface area (Å²) in [5.74, 6) is 2.20. The van der Waals surface area contributed by atoms with Gasteiger partial charge in [0, 0.05) is 17.9 Å². The van der Waals surface area contributed by atoms with Crippen LogP contribution in [0, 0.1) is 6.92 Å². The fourth-order valence-corrected chi connectivity index (χ4v) is 3.93. The molecule has 164 valence electrons. The van der Waals surface area contributed by atoms with Gasteiger partial charge in [0.1, 0.15) is 17.5 Å². The van der Waals surface area contributed by atoms with E-state index in [1.54, 1.807) is 7.11 Å². The molecule has 0 radical (unpaired) electrons. The predicted molar refractivity (Wildman–Crippen MR) is 128 cm³/mol. The van der Waals surface area contributed by atoms with Gasteiger partial charge < -0.3 is 14.8 Å². The fourth-order valence-electron chi connectivity index (χ4n) is 3.93. The first-order chi connectivity index (χ1) is 15.0. The average molecular weight is 419 g/mol. The molecule has 3 nitrogen and oxygen atoms in total.